The fraction of sp³-hybridized carbons (Fsp3) is 0.500. The van der Waals surface area contributed by atoms with E-state index in [1.54, 1.807) is 0 Å². The first kappa shape index (κ1) is 14.0. The monoisotopic (exact) mass is 283 g/mol. The van der Waals surface area contributed by atoms with Crippen LogP contribution in [0.5, 0.6) is 5.75 Å². The van der Waals surface area contributed by atoms with Crippen LogP contribution in [0.1, 0.15) is 31.0 Å². The topological polar surface area (TPSA) is 47.6 Å². The van der Waals surface area contributed by atoms with Crippen LogP contribution >= 0.6 is 12.4 Å². The van der Waals surface area contributed by atoms with Crippen LogP contribution < -0.4 is 10.1 Å². The van der Waals surface area contributed by atoms with Gasteiger partial charge in [-0.1, -0.05) is 19.9 Å². The van der Waals surface area contributed by atoms with Gasteiger partial charge in [0.05, 0.1) is 12.6 Å². The van der Waals surface area contributed by atoms with Gasteiger partial charge in [0, 0.05) is 11.8 Å². The summed E-state index contributed by atoms with van der Waals surface area (Å²) < 4.78 is 10.6. The molecular weight excluding hydrogens is 266 g/mol. The lowest BCUT2D eigenvalue weighted by atomic mass is 9.80. The fourth-order valence-electron chi connectivity index (χ4n) is 2.61. The SMILES string of the molecule is CC1(C)COC(=O)N[C@@H]1c1ccc2c(c1)CCO2.Cl. The zero-order chi connectivity index (χ0) is 12.8. The number of rotatable bonds is 1. The number of nitrogens with one attached hydrogen (secondary N) is 1. The minimum Gasteiger partial charge on any atom is -0.493 e. The number of hydrogen-bond donors (Lipinski definition) is 1. The number of carbonyl (C=O) groups excluding carboxylic acids is 1. The summed E-state index contributed by atoms with van der Waals surface area (Å²) in [4.78, 5) is 11.4. The number of benzene rings is 1. The average molecular weight is 284 g/mol. The maximum atomic E-state index is 11.4. The van der Waals surface area contributed by atoms with E-state index in [1.807, 2.05) is 12.1 Å². The van der Waals surface area contributed by atoms with Gasteiger partial charge >= 0.3 is 6.09 Å². The van der Waals surface area contributed by atoms with E-state index in [1.165, 1.54) is 5.56 Å². The van der Waals surface area contributed by atoms with Gasteiger partial charge in [0.25, 0.3) is 0 Å². The van der Waals surface area contributed by atoms with Crippen LogP contribution in [0.3, 0.4) is 0 Å². The van der Waals surface area contributed by atoms with Gasteiger partial charge in [-0.15, -0.1) is 12.4 Å². The van der Waals surface area contributed by atoms with Gasteiger partial charge < -0.3 is 14.8 Å². The van der Waals surface area contributed by atoms with E-state index in [2.05, 4.69) is 25.2 Å². The van der Waals surface area contributed by atoms with Crippen molar-refractivity contribution < 1.29 is 14.3 Å². The molecule has 1 N–H and O–H groups in total. The first-order valence-corrected chi connectivity index (χ1v) is 6.25. The third-order valence-electron chi connectivity index (χ3n) is 3.67. The molecule has 1 aromatic rings. The summed E-state index contributed by atoms with van der Waals surface area (Å²) in [6.45, 7) is 5.39. The first-order chi connectivity index (χ1) is 8.56. The molecule has 1 amide bonds. The fourth-order valence-corrected chi connectivity index (χ4v) is 2.61. The standard InChI is InChI=1S/C14H17NO3.ClH/c1-14(2)8-18-13(16)15-12(14)10-3-4-11-9(7-10)5-6-17-11;/h3-4,7,12H,5-6,8H2,1-2H3,(H,15,16);1H/t12-;/m1./s1. The zero-order valence-corrected chi connectivity index (χ0v) is 11.9. The molecule has 1 aromatic carbocycles. The molecule has 104 valence electrons. The molecular formula is C14H18ClNO3. The maximum Gasteiger partial charge on any atom is 0.407 e. The molecule has 2 heterocycles. The van der Waals surface area contributed by atoms with Crippen molar-refractivity contribution in [3.63, 3.8) is 0 Å². The summed E-state index contributed by atoms with van der Waals surface area (Å²) in [6, 6.07) is 6.15. The number of alkyl carbamates (subject to hydrolysis) is 1. The van der Waals surface area contributed by atoms with Crippen LogP contribution in [0.15, 0.2) is 18.2 Å². The molecule has 1 atom stereocenters. The Morgan fingerprint density at radius 1 is 1.32 bits per heavy atom. The molecule has 3 rings (SSSR count). The van der Waals surface area contributed by atoms with Gasteiger partial charge in [-0.05, 0) is 23.3 Å². The highest BCUT2D eigenvalue weighted by Crippen LogP contribution is 2.38. The number of amides is 1. The highest BCUT2D eigenvalue weighted by atomic mass is 35.5. The largest absolute Gasteiger partial charge is 0.493 e. The Morgan fingerprint density at radius 2 is 2.11 bits per heavy atom. The van der Waals surface area contributed by atoms with Crippen LogP contribution in [0.2, 0.25) is 0 Å². The predicted molar refractivity (Wildman–Crippen MR) is 73.9 cm³/mol. The second kappa shape index (κ2) is 4.93. The zero-order valence-electron chi connectivity index (χ0n) is 11.1. The van der Waals surface area contributed by atoms with E-state index >= 15 is 0 Å². The number of ether oxygens (including phenoxy) is 2. The minimum atomic E-state index is -0.337. The first-order valence-electron chi connectivity index (χ1n) is 6.25. The summed E-state index contributed by atoms with van der Waals surface area (Å²) >= 11 is 0. The van der Waals surface area contributed by atoms with Gasteiger partial charge in [0.2, 0.25) is 0 Å². The third kappa shape index (κ3) is 2.50. The van der Waals surface area contributed by atoms with Crippen LogP contribution in [0, 0.1) is 5.41 Å². The van der Waals surface area contributed by atoms with E-state index in [4.69, 9.17) is 9.47 Å². The van der Waals surface area contributed by atoms with Crippen molar-refractivity contribution >= 4 is 18.5 Å². The van der Waals surface area contributed by atoms with Crippen molar-refractivity contribution in [1.82, 2.24) is 5.32 Å². The molecule has 0 spiro atoms. The number of hydrogen-bond acceptors (Lipinski definition) is 3. The van der Waals surface area contributed by atoms with E-state index in [9.17, 15) is 4.79 Å². The van der Waals surface area contributed by atoms with Gasteiger partial charge in [-0.2, -0.15) is 0 Å². The highest BCUT2D eigenvalue weighted by Gasteiger charge is 2.38. The number of halogens is 1. The Labute approximate surface area is 118 Å². The second-order valence-electron chi connectivity index (χ2n) is 5.61. The normalized spacial score (nSPS) is 23.5. The summed E-state index contributed by atoms with van der Waals surface area (Å²) in [6.07, 6.45) is 0.608. The Bertz CT molecular complexity index is 501. The van der Waals surface area contributed by atoms with Crippen molar-refractivity contribution in [3.8, 4) is 5.75 Å². The maximum absolute atomic E-state index is 11.4. The molecule has 0 radical (unpaired) electrons. The second-order valence-corrected chi connectivity index (χ2v) is 5.61. The Hall–Kier alpha value is -1.42. The van der Waals surface area contributed by atoms with E-state index in [-0.39, 0.29) is 30.0 Å². The molecule has 0 bridgehead atoms. The number of carbonyl (C=O) groups is 1. The van der Waals surface area contributed by atoms with Gasteiger partial charge in [0.1, 0.15) is 12.4 Å². The van der Waals surface area contributed by atoms with Crippen molar-refractivity contribution in [2.24, 2.45) is 5.41 Å². The van der Waals surface area contributed by atoms with Gasteiger partial charge in [-0.25, -0.2) is 4.79 Å². The van der Waals surface area contributed by atoms with Crippen LogP contribution in [0.4, 0.5) is 4.79 Å². The van der Waals surface area contributed by atoms with Crippen molar-refractivity contribution in [3.05, 3.63) is 29.3 Å². The molecule has 0 aromatic heterocycles. The molecule has 5 heteroatoms. The minimum absolute atomic E-state index is 0. The molecule has 2 aliphatic rings. The molecule has 0 saturated carbocycles. The number of cyclic esters (lactones) is 1. The molecule has 0 aliphatic carbocycles. The predicted octanol–water partition coefficient (Wildman–Crippen LogP) is 2.85. The molecule has 1 fully saturated rings. The van der Waals surface area contributed by atoms with Crippen LogP contribution in [0.25, 0.3) is 0 Å². The molecule has 2 aliphatic heterocycles. The van der Waals surface area contributed by atoms with E-state index in [0.717, 1.165) is 24.3 Å². The van der Waals surface area contributed by atoms with Gasteiger partial charge in [0.15, 0.2) is 0 Å². The average Bonchev–Trinajstić information content (AvgIpc) is 2.79. The lowest BCUT2D eigenvalue weighted by molar-refractivity contribution is 0.0387. The quantitative estimate of drug-likeness (QED) is 0.862. The van der Waals surface area contributed by atoms with E-state index < -0.39 is 0 Å². The Balaban J connectivity index is 0.00000133. The summed E-state index contributed by atoms with van der Waals surface area (Å²) in [7, 11) is 0. The van der Waals surface area contributed by atoms with Gasteiger partial charge in [-0.3, -0.25) is 0 Å². The highest BCUT2D eigenvalue weighted by molar-refractivity contribution is 5.85. The Kier molecular flexibility index (Phi) is 3.63. The molecule has 0 unspecified atom stereocenters. The molecule has 1 saturated heterocycles. The molecule has 19 heavy (non-hydrogen) atoms. The Morgan fingerprint density at radius 3 is 2.89 bits per heavy atom. The van der Waals surface area contributed by atoms with E-state index in [0.29, 0.717) is 6.61 Å². The lowest BCUT2D eigenvalue weighted by Gasteiger charge is -2.38. The van der Waals surface area contributed by atoms with Crippen molar-refractivity contribution in [2.75, 3.05) is 13.2 Å². The summed E-state index contributed by atoms with van der Waals surface area (Å²) in [5.41, 5.74) is 2.24. The van der Waals surface area contributed by atoms with Crippen molar-refractivity contribution in [1.29, 1.82) is 0 Å². The third-order valence-corrected chi connectivity index (χ3v) is 3.67. The molecule has 4 nitrogen and oxygen atoms in total. The summed E-state index contributed by atoms with van der Waals surface area (Å²) in [5, 5.41) is 2.91. The summed E-state index contributed by atoms with van der Waals surface area (Å²) in [5.74, 6) is 0.968. The smallest absolute Gasteiger partial charge is 0.407 e. The van der Waals surface area contributed by atoms with Crippen LogP contribution in [-0.4, -0.2) is 19.3 Å². The van der Waals surface area contributed by atoms with Crippen molar-refractivity contribution in [2.45, 2.75) is 26.3 Å². The lowest BCUT2D eigenvalue weighted by Crippen LogP contribution is -2.46. The van der Waals surface area contributed by atoms with Crippen LogP contribution in [-0.2, 0) is 11.2 Å². The number of fused-ring (bicyclic) bond motifs is 1.